The molecule has 1 aromatic carbocycles. The molecule has 1 amide bonds. The minimum Gasteiger partial charge on any atom is -0.382 e. The lowest BCUT2D eigenvalue weighted by atomic mass is 10.1. The van der Waals surface area contributed by atoms with Crippen molar-refractivity contribution in [3.63, 3.8) is 0 Å². The number of hydrogen-bond acceptors (Lipinski definition) is 4. The highest BCUT2D eigenvalue weighted by molar-refractivity contribution is 5.94. The summed E-state index contributed by atoms with van der Waals surface area (Å²) < 4.78 is 10.3. The maximum absolute atomic E-state index is 12.0. The van der Waals surface area contributed by atoms with E-state index in [9.17, 15) is 4.79 Å². The smallest absolute Gasteiger partial charge is 0.251 e. The van der Waals surface area contributed by atoms with Gasteiger partial charge >= 0.3 is 0 Å². The van der Waals surface area contributed by atoms with Crippen molar-refractivity contribution in [2.45, 2.75) is 26.3 Å². The third-order valence-electron chi connectivity index (χ3n) is 3.60. The standard InChI is InChI=1S/C19H32N4O3/c1-4-9-21-18(24)17-8-5-7-16(14-17)15-23-19(20-2)22-10-6-11-26-13-12-25-3/h5,7-8,14H,4,6,9-13,15H2,1-3H3,(H,21,24)(H2,20,22,23). The fraction of sp³-hybridized carbons (Fsp3) is 0.579. The van der Waals surface area contributed by atoms with E-state index < -0.39 is 0 Å². The van der Waals surface area contributed by atoms with Crippen LogP contribution in [-0.2, 0) is 16.0 Å². The van der Waals surface area contributed by atoms with Crippen LogP contribution in [0.5, 0.6) is 0 Å². The second kappa shape index (κ2) is 14.1. The van der Waals surface area contributed by atoms with E-state index in [0.29, 0.717) is 38.5 Å². The van der Waals surface area contributed by atoms with Crippen LogP contribution < -0.4 is 16.0 Å². The van der Waals surface area contributed by atoms with E-state index in [1.54, 1.807) is 14.2 Å². The second-order valence-electron chi connectivity index (χ2n) is 5.77. The molecule has 0 aliphatic carbocycles. The van der Waals surface area contributed by atoms with Gasteiger partial charge in [0.15, 0.2) is 5.96 Å². The fourth-order valence-corrected chi connectivity index (χ4v) is 2.19. The van der Waals surface area contributed by atoms with E-state index in [1.807, 2.05) is 31.2 Å². The molecule has 1 rings (SSSR count). The molecule has 26 heavy (non-hydrogen) atoms. The van der Waals surface area contributed by atoms with E-state index >= 15 is 0 Å². The van der Waals surface area contributed by atoms with E-state index in [4.69, 9.17) is 9.47 Å². The van der Waals surface area contributed by atoms with Gasteiger partial charge in [0.2, 0.25) is 0 Å². The molecule has 0 unspecified atom stereocenters. The third kappa shape index (κ3) is 9.39. The van der Waals surface area contributed by atoms with Crippen molar-refractivity contribution < 1.29 is 14.3 Å². The number of amides is 1. The molecule has 0 atom stereocenters. The molecule has 0 aliphatic rings. The molecule has 0 spiro atoms. The van der Waals surface area contributed by atoms with Crippen molar-refractivity contribution in [2.24, 2.45) is 4.99 Å². The Balaban J connectivity index is 2.33. The number of methoxy groups -OCH3 is 1. The number of guanidine groups is 1. The molecule has 0 aliphatic heterocycles. The molecule has 0 bridgehead atoms. The predicted octanol–water partition coefficient (Wildman–Crippen LogP) is 1.54. The van der Waals surface area contributed by atoms with Gasteiger partial charge < -0.3 is 25.4 Å². The van der Waals surface area contributed by atoms with Crippen molar-refractivity contribution >= 4 is 11.9 Å². The number of benzene rings is 1. The minimum absolute atomic E-state index is 0.0373. The number of carbonyl (C=O) groups excluding carboxylic acids is 1. The van der Waals surface area contributed by atoms with E-state index in [1.165, 1.54) is 0 Å². The average molecular weight is 364 g/mol. The van der Waals surface area contributed by atoms with Gasteiger partial charge in [-0.15, -0.1) is 0 Å². The lowest BCUT2D eigenvalue weighted by molar-refractivity contribution is 0.0698. The molecule has 0 heterocycles. The molecule has 7 heteroatoms. The zero-order valence-corrected chi connectivity index (χ0v) is 16.1. The van der Waals surface area contributed by atoms with Crippen molar-refractivity contribution in [3.05, 3.63) is 35.4 Å². The average Bonchev–Trinajstić information content (AvgIpc) is 2.67. The highest BCUT2D eigenvalue weighted by Crippen LogP contribution is 2.05. The molecular formula is C19H32N4O3. The van der Waals surface area contributed by atoms with Gasteiger partial charge in [0.05, 0.1) is 13.2 Å². The Morgan fingerprint density at radius 3 is 2.69 bits per heavy atom. The summed E-state index contributed by atoms with van der Waals surface area (Å²) in [5.74, 6) is 0.687. The number of hydrogen-bond donors (Lipinski definition) is 3. The van der Waals surface area contributed by atoms with Gasteiger partial charge in [0.25, 0.3) is 5.91 Å². The predicted molar refractivity (Wildman–Crippen MR) is 105 cm³/mol. The molecule has 1 aromatic rings. The first kappa shape index (κ1) is 21.9. The summed E-state index contributed by atoms with van der Waals surface area (Å²) in [6.07, 6.45) is 1.81. The molecule has 0 saturated heterocycles. The summed E-state index contributed by atoms with van der Waals surface area (Å²) in [5.41, 5.74) is 1.70. The Hall–Kier alpha value is -2.12. The van der Waals surface area contributed by atoms with Crippen LogP contribution in [0.1, 0.15) is 35.7 Å². The fourth-order valence-electron chi connectivity index (χ4n) is 2.19. The van der Waals surface area contributed by atoms with Crippen LogP contribution in [0.3, 0.4) is 0 Å². The van der Waals surface area contributed by atoms with Gasteiger partial charge in [-0.05, 0) is 30.5 Å². The summed E-state index contributed by atoms with van der Waals surface area (Å²) in [6.45, 7) is 6.00. The van der Waals surface area contributed by atoms with Crippen molar-refractivity contribution in [2.75, 3.05) is 47.1 Å². The first-order valence-electron chi connectivity index (χ1n) is 9.09. The van der Waals surface area contributed by atoms with Crippen LogP contribution >= 0.6 is 0 Å². The summed E-state index contributed by atoms with van der Waals surface area (Å²) in [7, 11) is 3.40. The number of rotatable bonds is 12. The number of aliphatic imine (C=N–C) groups is 1. The summed E-state index contributed by atoms with van der Waals surface area (Å²) in [5, 5.41) is 9.39. The third-order valence-corrected chi connectivity index (χ3v) is 3.60. The van der Waals surface area contributed by atoms with Crippen LogP contribution in [0, 0.1) is 0 Å². The summed E-state index contributed by atoms with van der Waals surface area (Å²) in [4.78, 5) is 16.2. The molecular weight excluding hydrogens is 332 g/mol. The number of ether oxygens (including phenoxy) is 2. The number of nitrogens with zero attached hydrogens (tertiary/aromatic N) is 1. The van der Waals surface area contributed by atoms with Crippen molar-refractivity contribution in [3.8, 4) is 0 Å². The highest BCUT2D eigenvalue weighted by Gasteiger charge is 2.05. The molecule has 0 radical (unpaired) electrons. The first-order chi connectivity index (χ1) is 12.7. The van der Waals surface area contributed by atoms with Gasteiger partial charge in [-0.3, -0.25) is 9.79 Å². The van der Waals surface area contributed by atoms with Crippen molar-refractivity contribution in [1.82, 2.24) is 16.0 Å². The van der Waals surface area contributed by atoms with Crippen LogP contribution in [0.2, 0.25) is 0 Å². The second-order valence-corrected chi connectivity index (χ2v) is 5.77. The Labute approximate surface area is 156 Å². The minimum atomic E-state index is -0.0373. The van der Waals surface area contributed by atoms with Gasteiger partial charge in [0, 0.05) is 46.0 Å². The first-order valence-corrected chi connectivity index (χ1v) is 9.09. The maximum atomic E-state index is 12.0. The molecule has 146 valence electrons. The zero-order valence-electron chi connectivity index (χ0n) is 16.1. The SMILES string of the molecule is CCCNC(=O)c1cccc(CNC(=NC)NCCCOCCOC)c1. The van der Waals surface area contributed by atoms with Crippen LogP contribution in [0.25, 0.3) is 0 Å². The normalized spacial score (nSPS) is 11.3. The highest BCUT2D eigenvalue weighted by atomic mass is 16.5. The van der Waals surface area contributed by atoms with Crippen LogP contribution in [0.15, 0.2) is 29.3 Å². The van der Waals surface area contributed by atoms with E-state index in [2.05, 4.69) is 20.9 Å². The molecule has 0 fully saturated rings. The number of carbonyl (C=O) groups is 1. The topological polar surface area (TPSA) is 84.0 Å². The lowest BCUT2D eigenvalue weighted by Crippen LogP contribution is -2.37. The molecule has 0 aromatic heterocycles. The van der Waals surface area contributed by atoms with Crippen molar-refractivity contribution in [1.29, 1.82) is 0 Å². The lowest BCUT2D eigenvalue weighted by Gasteiger charge is -2.12. The van der Waals surface area contributed by atoms with Gasteiger partial charge in [-0.2, -0.15) is 0 Å². The Morgan fingerprint density at radius 1 is 1.12 bits per heavy atom. The quantitative estimate of drug-likeness (QED) is 0.298. The largest absolute Gasteiger partial charge is 0.382 e. The molecule has 0 saturated carbocycles. The Morgan fingerprint density at radius 2 is 1.96 bits per heavy atom. The van der Waals surface area contributed by atoms with Gasteiger partial charge in [-0.1, -0.05) is 19.1 Å². The van der Waals surface area contributed by atoms with E-state index in [-0.39, 0.29) is 5.91 Å². The molecule has 3 N–H and O–H groups in total. The number of nitrogens with one attached hydrogen (secondary N) is 3. The monoisotopic (exact) mass is 364 g/mol. The Kier molecular flexibility index (Phi) is 11.9. The summed E-state index contributed by atoms with van der Waals surface area (Å²) >= 11 is 0. The maximum Gasteiger partial charge on any atom is 0.251 e. The van der Waals surface area contributed by atoms with Gasteiger partial charge in [0.1, 0.15) is 0 Å². The van der Waals surface area contributed by atoms with Crippen LogP contribution in [-0.4, -0.2) is 58.9 Å². The zero-order chi connectivity index (χ0) is 19.0. The van der Waals surface area contributed by atoms with Gasteiger partial charge in [-0.25, -0.2) is 0 Å². The Bertz CT molecular complexity index is 549. The molecule has 7 nitrogen and oxygen atoms in total. The van der Waals surface area contributed by atoms with E-state index in [0.717, 1.165) is 30.9 Å². The van der Waals surface area contributed by atoms with Crippen LogP contribution in [0.4, 0.5) is 0 Å². The summed E-state index contributed by atoms with van der Waals surface area (Å²) in [6, 6.07) is 7.60.